The predicted octanol–water partition coefficient (Wildman–Crippen LogP) is 3.05. The SMILES string of the molecule is Cc1cc(/C(=N/O)c2cccs2)cc(C)c1OCC(=O)O. The van der Waals surface area contributed by atoms with E-state index in [2.05, 4.69) is 5.16 Å². The summed E-state index contributed by atoms with van der Waals surface area (Å²) in [4.78, 5) is 11.5. The first kappa shape index (κ1) is 15.1. The number of thiophene rings is 1. The van der Waals surface area contributed by atoms with E-state index in [4.69, 9.17) is 9.84 Å². The van der Waals surface area contributed by atoms with Crippen molar-refractivity contribution >= 4 is 23.0 Å². The molecule has 0 bridgehead atoms. The van der Waals surface area contributed by atoms with Gasteiger partial charge in [0.1, 0.15) is 11.5 Å². The Bertz CT molecular complexity index is 654. The molecular formula is C15H15NO4S. The number of hydrogen-bond acceptors (Lipinski definition) is 5. The Hall–Kier alpha value is -2.34. The van der Waals surface area contributed by atoms with Gasteiger partial charge in [-0.2, -0.15) is 0 Å². The lowest BCUT2D eigenvalue weighted by molar-refractivity contribution is -0.139. The summed E-state index contributed by atoms with van der Waals surface area (Å²) in [5.41, 5.74) is 2.84. The first-order valence-corrected chi connectivity index (χ1v) is 7.13. The normalized spacial score (nSPS) is 11.4. The summed E-state index contributed by atoms with van der Waals surface area (Å²) in [6.07, 6.45) is 0. The van der Waals surface area contributed by atoms with Gasteiger partial charge < -0.3 is 15.1 Å². The third-order valence-corrected chi connectivity index (χ3v) is 3.80. The van der Waals surface area contributed by atoms with Crippen molar-refractivity contribution in [3.8, 4) is 5.75 Å². The molecule has 0 fully saturated rings. The Balaban J connectivity index is 2.37. The van der Waals surface area contributed by atoms with Crippen molar-refractivity contribution in [3.63, 3.8) is 0 Å². The Kier molecular flexibility index (Phi) is 4.59. The van der Waals surface area contributed by atoms with Gasteiger partial charge in [0.05, 0.1) is 4.88 Å². The van der Waals surface area contributed by atoms with E-state index in [1.165, 1.54) is 11.3 Å². The van der Waals surface area contributed by atoms with Crippen LogP contribution in [0, 0.1) is 13.8 Å². The number of aliphatic carboxylic acids is 1. The lowest BCUT2D eigenvalue weighted by atomic mass is 10.0. The largest absolute Gasteiger partial charge is 0.481 e. The van der Waals surface area contributed by atoms with Crippen molar-refractivity contribution in [1.82, 2.24) is 0 Å². The maximum atomic E-state index is 10.6. The van der Waals surface area contributed by atoms with Crippen LogP contribution in [0.4, 0.5) is 0 Å². The molecule has 0 saturated carbocycles. The van der Waals surface area contributed by atoms with Gasteiger partial charge in [-0.3, -0.25) is 0 Å². The highest BCUT2D eigenvalue weighted by atomic mass is 32.1. The average molecular weight is 305 g/mol. The first-order valence-electron chi connectivity index (χ1n) is 6.25. The standard InChI is InChI=1S/C15H15NO4S/c1-9-6-11(14(16-19)12-4-3-5-21-12)7-10(2)15(9)20-8-13(17)18/h3-7,19H,8H2,1-2H3,(H,17,18)/b16-14-. The van der Waals surface area contributed by atoms with Crippen LogP contribution in [0.2, 0.25) is 0 Å². The second-order valence-corrected chi connectivity index (χ2v) is 5.50. The molecule has 110 valence electrons. The van der Waals surface area contributed by atoms with Gasteiger partial charge in [0.15, 0.2) is 6.61 Å². The molecule has 0 unspecified atom stereocenters. The van der Waals surface area contributed by atoms with Crippen molar-refractivity contribution in [2.24, 2.45) is 5.16 Å². The quantitative estimate of drug-likeness (QED) is 0.505. The Morgan fingerprint density at radius 2 is 2.00 bits per heavy atom. The molecule has 0 aliphatic heterocycles. The molecule has 5 nitrogen and oxygen atoms in total. The van der Waals surface area contributed by atoms with E-state index >= 15 is 0 Å². The summed E-state index contributed by atoms with van der Waals surface area (Å²) in [6, 6.07) is 7.40. The molecule has 6 heteroatoms. The van der Waals surface area contributed by atoms with Crippen LogP contribution in [0.5, 0.6) is 5.75 Å². The molecule has 0 amide bonds. The van der Waals surface area contributed by atoms with E-state index < -0.39 is 5.97 Å². The number of benzene rings is 1. The fourth-order valence-corrected chi connectivity index (χ4v) is 2.84. The Labute approximate surface area is 126 Å². The smallest absolute Gasteiger partial charge is 0.341 e. The molecule has 21 heavy (non-hydrogen) atoms. The van der Waals surface area contributed by atoms with Crippen molar-refractivity contribution in [1.29, 1.82) is 0 Å². The molecule has 1 aromatic carbocycles. The molecule has 0 aliphatic carbocycles. The number of carboxylic acid groups (broad SMARTS) is 1. The number of rotatable bonds is 5. The highest BCUT2D eigenvalue weighted by molar-refractivity contribution is 7.12. The van der Waals surface area contributed by atoms with Crippen LogP contribution in [-0.4, -0.2) is 28.6 Å². The second kappa shape index (κ2) is 6.41. The number of aryl methyl sites for hydroxylation is 2. The number of nitrogens with zero attached hydrogens (tertiary/aromatic N) is 1. The van der Waals surface area contributed by atoms with E-state index in [1.54, 1.807) is 0 Å². The number of ether oxygens (including phenoxy) is 1. The molecule has 2 N–H and O–H groups in total. The monoisotopic (exact) mass is 305 g/mol. The molecule has 1 aromatic heterocycles. The second-order valence-electron chi connectivity index (χ2n) is 4.55. The average Bonchev–Trinajstić information content (AvgIpc) is 2.92. The molecule has 0 atom stereocenters. The highest BCUT2D eigenvalue weighted by Crippen LogP contribution is 2.27. The van der Waals surface area contributed by atoms with E-state index in [1.807, 2.05) is 43.5 Å². The first-order chi connectivity index (χ1) is 10.0. The number of carboxylic acids is 1. The Morgan fingerprint density at radius 1 is 1.33 bits per heavy atom. The van der Waals surface area contributed by atoms with Crippen molar-refractivity contribution in [2.75, 3.05) is 6.61 Å². The summed E-state index contributed by atoms with van der Waals surface area (Å²) in [7, 11) is 0. The topological polar surface area (TPSA) is 79.1 Å². The molecule has 0 saturated heterocycles. The summed E-state index contributed by atoms with van der Waals surface area (Å²) in [5, 5.41) is 23.2. The maximum absolute atomic E-state index is 10.6. The summed E-state index contributed by atoms with van der Waals surface area (Å²) in [5.74, 6) is -0.473. The van der Waals surface area contributed by atoms with Crippen LogP contribution in [-0.2, 0) is 4.79 Å². The molecular weight excluding hydrogens is 290 g/mol. The van der Waals surface area contributed by atoms with Gasteiger partial charge in [0.2, 0.25) is 0 Å². The number of oxime groups is 1. The zero-order valence-electron chi connectivity index (χ0n) is 11.7. The van der Waals surface area contributed by atoms with Gasteiger partial charge in [0.25, 0.3) is 0 Å². The van der Waals surface area contributed by atoms with Crippen molar-refractivity contribution < 1.29 is 19.8 Å². The van der Waals surface area contributed by atoms with Crippen LogP contribution in [0.1, 0.15) is 21.6 Å². The van der Waals surface area contributed by atoms with Gasteiger partial charge in [-0.15, -0.1) is 11.3 Å². The zero-order valence-corrected chi connectivity index (χ0v) is 12.5. The summed E-state index contributed by atoms with van der Waals surface area (Å²) < 4.78 is 5.29. The van der Waals surface area contributed by atoms with Crippen LogP contribution in [0.25, 0.3) is 0 Å². The lowest BCUT2D eigenvalue weighted by Gasteiger charge is -2.13. The van der Waals surface area contributed by atoms with Gasteiger partial charge in [-0.25, -0.2) is 4.79 Å². The minimum Gasteiger partial charge on any atom is -0.481 e. The van der Waals surface area contributed by atoms with Crippen LogP contribution in [0.3, 0.4) is 0 Å². The third-order valence-electron chi connectivity index (χ3n) is 2.93. The van der Waals surface area contributed by atoms with Gasteiger partial charge >= 0.3 is 5.97 Å². The highest BCUT2D eigenvalue weighted by Gasteiger charge is 2.14. The van der Waals surface area contributed by atoms with Crippen molar-refractivity contribution in [2.45, 2.75) is 13.8 Å². The van der Waals surface area contributed by atoms with Crippen LogP contribution >= 0.6 is 11.3 Å². The fourth-order valence-electron chi connectivity index (χ4n) is 2.11. The molecule has 0 spiro atoms. The lowest BCUT2D eigenvalue weighted by Crippen LogP contribution is -2.11. The van der Waals surface area contributed by atoms with Crippen LogP contribution < -0.4 is 4.74 Å². The molecule has 0 radical (unpaired) electrons. The van der Waals surface area contributed by atoms with E-state index in [0.717, 1.165) is 21.6 Å². The zero-order chi connectivity index (χ0) is 15.4. The van der Waals surface area contributed by atoms with Crippen molar-refractivity contribution in [3.05, 3.63) is 51.2 Å². The van der Waals surface area contributed by atoms with E-state index in [0.29, 0.717) is 11.5 Å². The minimum absolute atomic E-state index is 0.382. The van der Waals surface area contributed by atoms with Crippen LogP contribution in [0.15, 0.2) is 34.8 Å². The van der Waals surface area contributed by atoms with E-state index in [9.17, 15) is 10.0 Å². The molecule has 2 aromatic rings. The molecule has 1 heterocycles. The summed E-state index contributed by atoms with van der Waals surface area (Å²) >= 11 is 1.48. The minimum atomic E-state index is -1.02. The van der Waals surface area contributed by atoms with E-state index in [-0.39, 0.29) is 6.61 Å². The molecule has 0 aliphatic rings. The van der Waals surface area contributed by atoms with Gasteiger partial charge in [-0.05, 0) is 48.6 Å². The number of hydrogen-bond donors (Lipinski definition) is 2. The maximum Gasteiger partial charge on any atom is 0.341 e. The predicted molar refractivity (Wildman–Crippen MR) is 80.8 cm³/mol. The Morgan fingerprint density at radius 3 is 2.48 bits per heavy atom. The van der Waals surface area contributed by atoms with Gasteiger partial charge in [-0.1, -0.05) is 11.2 Å². The number of carbonyl (C=O) groups is 1. The fraction of sp³-hybridized carbons (Fsp3) is 0.200. The third kappa shape index (κ3) is 3.41. The molecule has 2 rings (SSSR count). The summed E-state index contributed by atoms with van der Waals surface area (Å²) in [6.45, 7) is 3.28. The van der Waals surface area contributed by atoms with Gasteiger partial charge in [0, 0.05) is 5.56 Å².